The highest BCUT2D eigenvalue weighted by molar-refractivity contribution is 6.42. The molecule has 1 saturated carbocycles. The molecule has 0 spiro atoms. The van der Waals surface area contributed by atoms with Crippen molar-refractivity contribution in [3.05, 3.63) is 58.0 Å². The van der Waals surface area contributed by atoms with E-state index in [1.165, 1.54) is 0 Å². The number of allylic oxidation sites excluding steroid dienone is 10. The summed E-state index contributed by atoms with van der Waals surface area (Å²) in [5, 5.41) is 0. The number of hydrogen-bond donors (Lipinski definition) is 0. The highest BCUT2D eigenvalue weighted by Gasteiger charge is 2.37. The predicted octanol–water partition coefficient (Wildman–Crippen LogP) is 3.86. The fraction of sp³-hybridized carbons (Fsp3) is 0.368. The SMILES string of the molecule is C/C=C1/C(=O)C(=C2C=C(C)N(CC)C(C)=C2)C(=O)/C1=C/CC. The zero-order valence-corrected chi connectivity index (χ0v) is 14.0. The van der Waals surface area contributed by atoms with Gasteiger partial charge in [-0.3, -0.25) is 9.59 Å². The Morgan fingerprint density at radius 2 is 1.55 bits per heavy atom. The molecule has 0 aromatic rings. The summed E-state index contributed by atoms with van der Waals surface area (Å²) in [5.41, 5.74) is 4.23. The molecule has 1 heterocycles. The second-order valence-corrected chi connectivity index (χ2v) is 5.53. The summed E-state index contributed by atoms with van der Waals surface area (Å²) in [6.45, 7) is 10.7. The molecule has 0 bridgehead atoms. The average molecular weight is 297 g/mol. The maximum Gasteiger partial charge on any atom is 0.197 e. The summed E-state index contributed by atoms with van der Waals surface area (Å²) in [4.78, 5) is 27.5. The molecule has 0 unspecified atom stereocenters. The van der Waals surface area contributed by atoms with Crippen molar-refractivity contribution in [1.29, 1.82) is 0 Å². The van der Waals surface area contributed by atoms with Gasteiger partial charge in [-0.15, -0.1) is 0 Å². The number of carbonyl (C=O) groups excluding carboxylic acids is 2. The largest absolute Gasteiger partial charge is 0.349 e. The summed E-state index contributed by atoms with van der Waals surface area (Å²) >= 11 is 0. The van der Waals surface area contributed by atoms with Crippen LogP contribution in [0.1, 0.15) is 41.0 Å². The summed E-state index contributed by atoms with van der Waals surface area (Å²) in [5.74, 6) is -0.298. The van der Waals surface area contributed by atoms with Crippen molar-refractivity contribution in [2.45, 2.75) is 41.0 Å². The van der Waals surface area contributed by atoms with Crippen LogP contribution in [0.5, 0.6) is 0 Å². The van der Waals surface area contributed by atoms with Gasteiger partial charge in [0.2, 0.25) is 0 Å². The Kier molecular flexibility index (Phi) is 4.65. The average Bonchev–Trinajstić information content (AvgIpc) is 2.70. The van der Waals surface area contributed by atoms with Crippen molar-refractivity contribution in [3.63, 3.8) is 0 Å². The van der Waals surface area contributed by atoms with Gasteiger partial charge in [-0.1, -0.05) is 19.1 Å². The molecule has 1 aliphatic heterocycles. The van der Waals surface area contributed by atoms with Crippen LogP contribution in [0.3, 0.4) is 0 Å². The molecule has 3 nitrogen and oxygen atoms in total. The molecular formula is C19H23NO2. The quantitative estimate of drug-likeness (QED) is 0.573. The van der Waals surface area contributed by atoms with Gasteiger partial charge in [-0.05, 0) is 51.8 Å². The van der Waals surface area contributed by atoms with Crippen LogP contribution in [0.2, 0.25) is 0 Å². The highest BCUT2D eigenvalue weighted by Crippen LogP contribution is 2.34. The van der Waals surface area contributed by atoms with Crippen LogP contribution < -0.4 is 0 Å². The lowest BCUT2D eigenvalue weighted by atomic mass is 9.99. The first-order valence-corrected chi connectivity index (χ1v) is 7.80. The Labute approximate surface area is 132 Å². The summed E-state index contributed by atoms with van der Waals surface area (Å²) in [6.07, 6.45) is 8.19. The van der Waals surface area contributed by atoms with E-state index in [-0.39, 0.29) is 11.6 Å². The van der Waals surface area contributed by atoms with Gasteiger partial charge in [0, 0.05) is 29.1 Å². The second kappa shape index (κ2) is 6.30. The van der Waals surface area contributed by atoms with Crippen LogP contribution in [-0.2, 0) is 9.59 Å². The predicted molar refractivity (Wildman–Crippen MR) is 89.1 cm³/mol. The monoisotopic (exact) mass is 297 g/mol. The van der Waals surface area contributed by atoms with Crippen LogP contribution in [0.25, 0.3) is 0 Å². The Morgan fingerprint density at radius 1 is 1.00 bits per heavy atom. The molecule has 2 rings (SSSR count). The minimum Gasteiger partial charge on any atom is -0.349 e. The molecule has 22 heavy (non-hydrogen) atoms. The first-order valence-electron chi connectivity index (χ1n) is 7.80. The molecule has 0 N–H and O–H groups in total. The molecule has 1 fully saturated rings. The van der Waals surface area contributed by atoms with Crippen molar-refractivity contribution < 1.29 is 9.59 Å². The fourth-order valence-corrected chi connectivity index (χ4v) is 3.14. The first kappa shape index (κ1) is 16.2. The zero-order valence-electron chi connectivity index (χ0n) is 14.0. The third kappa shape index (κ3) is 2.52. The molecule has 1 aliphatic carbocycles. The zero-order chi connectivity index (χ0) is 16.4. The standard InChI is InChI=1S/C19H23NO2/c1-6-9-16-15(7-2)18(21)17(19(16)22)14-10-12(4)20(8-3)13(5)11-14/h7,9-11H,6,8H2,1-5H3/b15-7+,16-9+. The van der Waals surface area contributed by atoms with Crippen molar-refractivity contribution >= 4 is 11.6 Å². The van der Waals surface area contributed by atoms with Gasteiger partial charge in [0.05, 0.1) is 5.57 Å². The fourth-order valence-electron chi connectivity index (χ4n) is 3.14. The van der Waals surface area contributed by atoms with E-state index in [1.54, 1.807) is 13.0 Å². The molecule has 0 atom stereocenters. The normalized spacial score (nSPS) is 22.9. The van der Waals surface area contributed by atoms with Gasteiger partial charge in [-0.25, -0.2) is 0 Å². The van der Waals surface area contributed by atoms with Gasteiger partial charge < -0.3 is 4.90 Å². The Bertz CT molecular complexity index is 662. The third-order valence-electron chi connectivity index (χ3n) is 4.12. The maximum absolute atomic E-state index is 12.7. The number of hydrogen-bond acceptors (Lipinski definition) is 3. The van der Waals surface area contributed by atoms with E-state index in [0.29, 0.717) is 16.7 Å². The Balaban J connectivity index is 2.62. The smallest absolute Gasteiger partial charge is 0.197 e. The molecule has 0 aromatic heterocycles. The van der Waals surface area contributed by atoms with Gasteiger partial charge in [-0.2, -0.15) is 0 Å². The second-order valence-electron chi connectivity index (χ2n) is 5.53. The molecular weight excluding hydrogens is 274 g/mol. The van der Waals surface area contributed by atoms with E-state index < -0.39 is 0 Å². The van der Waals surface area contributed by atoms with Crippen LogP contribution in [0.4, 0.5) is 0 Å². The van der Waals surface area contributed by atoms with Gasteiger partial charge in [0.25, 0.3) is 0 Å². The Hall–Kier alpha value is -2.16. The van der Waals surface area contributed by atoms with Crippen molar-refractivity contribution in [3.8, 4) is 0 Å². The topological polar surface area (TPSA) is 37.4 Å². The molecule has 3 heteroatoms. The molecule has 2 aliphatic rings. The van der Waals surface area contributed by atoms with E-state index in [9.17, 15) is 9.59 Å². The molecule has 116 valence electrons. The molecule has 0 radical (unpaired) electrons. The first-order chi connectivity index (χ1) is 10.5. The lowest BCUT2D eigenvalue weighted by molar-refractivity contribution is -0.115. The highest BCUT2D eigenvalue weighted by atomic mass is 16.2. The van der Waals surface area contributed by atoms with E-state index in [2.05, 4.69) is 11.8 Å². The van der Waals surface area contributed by atoms with E-state index in [4.69, 9.17) is 0 Å². The number of rotatable bonds is 2. The van der Waals surface area contributed by atoms with Gasteiger partial charge >= 0.3 is 0 Å². The van der Waals surface area contributed by atoms with Gasteiger partial charge in [0.1, 0.15) is 0 Å². The van der Waals surface area contributed by atoms with Crippen molar-refractivity contribution in [2.24, 2.45) is 0 Å². The number of ketones is 2. The summed E-state index contributed by atoms with van der Waals surface area (Å²) in [7, 11) is 0. The van der Waals surface area contributed by atoms with E-state index in [0.717, 1.165) is 29.9 Å². The third-order valence-corrected chi connectivity index (χ3v) is 4.12. The molecule has 0 saturated heterocycles. The minimum absolute atomic E-state index is 0.145. The maximum atomic E-state index is 12.7. The minimum atomic E-state index is -0.153. The molecule has 0 amide bonds. The van der Waals surface area contributed by atoms with E-state index in [1.807, 2.05) is 39.0 Å². The van der Waals surface area contributed by atoms with Crippen LogP contribution in [0.15, 0.2) is 58.0 Å². The number of nitrogens with zero attached hydrogens (tertiary/aromatic N) is 1. The summed E-state index contributed by atoms with van der Waals surface area (Å²) in [6, 6.07) is 0. The van der Waals surface area contributed by atoms with Crippen LogP contribution >= 0.6 is 0 Å². The van der Waals surface area contributed by atoms with Crippen LogP contribution in [0, 0.1) is 0 Å². The lowest BCUT2D eigenvalue weighted by Crippen LogP contribution is -2.22. The van der Waals surface area contributed by atoms with Crippen molar-refractivity contribution in [2.75, 3.05) is 6.54 Å². The Morgan fingerprint density at radius 3 is 2.00 bits per heavy atom. The lowest BCUT2D eigenvalue weighted by Gasteiger charge is -2.28. The molecule has 0 aromatic carbocycles. The van der Waals surface area contributed by atoms with Crippen LogP contribution in [-0.4, -0.2) is 23.0 Å². The number of Topliss-reactive ketones (excluding diaryl/α,β-unsaturated/α-hetero) is 2. The van der Waals surface area contributed by atoms with E-state index >= 15 is 0 Å². The summed E-state index contributed by atoms with van der Waals surface area (Å²) < 4.78 is 0. The number of carbonyl (C=O) groups is 2. The van der Waals surface area contributed by atoms with Gasteiger partial charge in [0.15, 0.2) is 11.6 Å². The van der Waals surface area contributed by atoms with Crippen molar-refractivity contribution in [1.82, 2.24) is 4.90 Å².